The predicted octanol–water partition coefficient (Wildman–Crippen LogP) is 2.75. The standard InChI is InChI=1S/C7H14/c1-3-5-7-6-4-2/h5,7H,3-4,6H2,1-2H3/i3D,4D. The molecule has 0 spiro atoms. The van der Waals surface area contributed by atoms with Crippen LogP contribution in [0.3, 0.4) is 0 Å². The number of hydrogen-bond donors (Lipinski definition) is 0. The second-order valence-electron chi connectivity index (χ2n) is 1.41. The summed E-state index contributed by atoms with van der Waals surface area (Å²) in [6.45, 7) is 3.66. The summed E-state index contributed by atoms with van der Waals surface area (Å²) in [4.78, 5) is 0. The van der Waals surface area contributed by atoms with Gasteiger partial charge in [-0.1, -0.05) is 32.4 Å². The van der Waals surface area contributed by atoms with E-state index in [9.17, 15) is 0 Å². The molecule has 0 aliphatic carbocycles. The zero-order chi connectivity index (χ0) is 7.28. The summed E-state index contributed by atoms with van der Waals surface area (Å²) < 4.78 is 14.2. The highest BCUT2D eigenvalue weighted by atomic mass is 13.7. The van der Waals surface area contributed by atoms with Crippen LogP contribution in [0.2, 0.25) is 0 Å². The fourth-order valence-corrected chi connectivity index (χ4v) is 0.351. The maximum absolute atomic E-state index is 7.11. The number of allylic oxidation sites excluding steroid dienone is 2. The number of hydrogen-bond acceptors (Lipinski definition) is 0. The van der Waals surface area contributed by atoms with Crippen LogP contribution >= 0.6 is 0 Å². The maximum Gasteiger partial charge on any atom is 0.0307 e. The molecular formula is C7H14. The Bertz CT molecular complexity index is 84.9. The van der Waals surface area contributed by atoms with E-state index in [2.05, 4.69) is 0 Å². The van der Waals surface area contributed by atoms with E-state index in [1.165, 1.54) is 0 Å². The third-order valence-electron chi connectivity index (χ3n) is 0.700. The topological polar surface area (TPSA) is 0 Å². The average Bonchev–Trinajstić information content (AvgIpc) is 1.63. The van der Waals surface area contributed by atoms with Crippen molar-refractivity contribution in [3.8, 4) is 0 Å². The Kier molecular flexibility index (Phi) is 3.04. The van der Waals surface area contributed by atoms with Crippen LogP contribution in [0.4, 0.5) is 0 Å². The Morgan fingerprint density at radius 1 is 1.43 bits per heavy atom. The van der Waals surface area contributed by atoms with Crippen molar-refractivity contribution in [2.75, 3.05) is 0 Å². The van der Waals surface area contributed by atoms with Gasteiger partial charge in [-0.25, -0.2) is 0 Å². The van der Waals surface area contributed by atoms with Gasteiger partial charge in [-0.05, 0) is 12.8 Å². The molecule has 0 fully saturated rings. The molecule has 0 saturated carbocycles. The fraction of sp³-hybridized carbons (Fsp3) is 0.714. The lowest BCUT2D eigenvalue weighted by molar-refractivity contribution is 0.952. The molecule has 7 heavy (non-hydrogen) atoms. The quantitative estimate of drug-likeness (QED) is 0.478. The van der Waals surface area contributed by atoms with Crippen molar-refractivity contribution < 1.29 is 2.74 Å². The van der Waals surface area contributed by atoms with E-state index in [1.54, 1.807) is 0 Å². The van der Waals surface area contributed by atoms with E-state index in [0.717, 1.165) is 6.42 Å². The van der Waals surface area contributed by atoms with Gasteiger partial charge in [0.25, 0.3) is 0 Å². The van der Waals surface area contributed by atoms with Crippen LogP contribution < -0.4 is 0 Å². The normalized spacial score (nSPS) is 23.7. The molecule has 0 nitrogen and oxygen atoms in total. The molecule has 0 aromatic carbocycles. The molecule has 0 aromatic rings. The molecule has 0 radical (unpaired) electrons. The van der Waals surface area contributed by atoms with Crippen LogP contribution in [-0.2, 0) is 0 Å². The Labute approximate surface area is 49.0 Å². The van der Waals surface area contributed by atoms with E-state index in [0.29, 0.717) is 0 Å². The highest BCUT2D eigenvalue weighted by Gasteiger charge is 1.68. The molecule has 0 aromatic heterocycles. The van der Waals surface area contributed by atoms with Crippen LogP contribution in [0.1, 0.15) is 35.8 Å². The zero-order valence-electron chi connectivity index (χ0n) is 7.02. The van der Waals surface area contributed by atoms with Gasteiger partial charge in [0.15, 0.2) is 0 Å². The lowest BCUT2D eigenvalue weighted by Gasteiger charge is -1.79. The molecule has 2 unspecified atom stereocenters. The Balaban J connectivity index is 3.25. The van der Waals surface area contributed by atoms with Crippen LogP contribution in [-0.4, -0.2) is 0 Å². The molecule has 0 heteroatoms. The second-order valence-corrected chi connectivity index (χ2v) is 1.41. The van der Waals surface area contributed by atoms with Gasteiger partial charge in [-0.15, -0.1) is 0 Å². The van der Waals surface area contributed by atoms with Crippen molar-refractivity contribution >= 4 is 0 Å². The molecule has 0 heterocycles. The molecule has 0 amide bonds. The summed E-state index contributed by atoms with van der Waals surface area (Å²) in [5, 5.41) is 0. The first-order valence-electron chi connectivity index (χ1n) is 3.79. The van der Waals surface area contributed by atoms with E-state index in [-0.39, 0.29) is 12.8 Å². The fourth-order valence-electron chi connectivity index (χ4n) is 0.351. The van der Waals surface area contributed by atoms with Crippen LogP contribution in [0.15, 0.2) is 12.2 Å². The monoisotopic (exact) mass is 100 g/mol. The molecule has 0 bridgehead atoms. The van der Waals surface area contributed by atoms with E-state index in [1.807, 2.05) is 26.0 Å². The summed E-state index contributed by atoms with van der Waals surface area (Å²) in [5.41, 5.74) is 0. The van der Waals surface area contributed by atoms with Crippen molar-refractivity contribution in [2.24, 2.45) is 0 Å². The molecule has 42 valence electrons. The Morgan fingerprint density at radius 2 is 2.14 bits per heavy atom. The molecular weight excluding hydrogens is 84.1 g/mol. The first-order chi connectivity index (χ1) is 4.13. The van der Waals surface area contributed by atoms with Gasteiger partial charge in [0.2, 0.25) is 0 Å². The van der Waals surface area contributed by atoms with Crippen molar-refractivity contribution in [3.63, 3.8) is 0 Å². The lowest BCUT2D eigenvalue weighted by atomic mass is 10.3. The maximum atomic E-state index is 7.11. The van der Waals surface area contributed by atoms with E-state index < -0.39 is 0 Å². The van der Waals surface area contributed by atoms with Crippen molar-refractivity contribution in [3.05, 3.63) is 12.2 Å². The molecule has 0 aliphatic rings. The van der Waals surface area contributed by atoms with Gasteiger partial charge in [-0.3, -0.25) is 0 Å². The van der Waals surface area contributed by atoms with Crippen LogP contribution in [0.25, 0.3) is 0 Å². The minimum atomic E-state index is -0.122. The zero-order valence-corrected chi connectivity index (χ0v) is 5.02. The van der Waals surface area contributed by atoms with Gasteiger partial charge in [0.1, 0.15) is 0 Å². The summed E-state index contributed by atoms with van der Waals surface area (Å²) in [5.74, 6) is 0. The van der Waals surface area contributed by atoms with Crippen molar-refractivity contribution in [1.82, 2.24) is 0 Å². The van der Waals surface area contributed by atoms with E-state index >= 15 is 0 Å². The van der Waals surface area contributed by atoms with Crippen molar-refractivity contribution in [1.29, 1.82) is 0 Å². The molecule has 0 saturated heterocycles. The number of rotatable bonds is 3. The molecule has 2 atom stereocenters. The Morgan fingerprint density at radius 3 is 2.57 bits per heavy atom. The van der Waals surface area contributed by atoms with Crippen LogP contribution in [0, 0.1) is 0 Å². The summed E-state index contributed by atoms with van der Waals surface area (Å²) in [6, 6.07) is 0. The first-order valence-corrected chi connectivity index (χ1v) is 2.64. The summed E-state index contributed by atoms with van der Waals surface area (Å²) in [6.07, 6.45) is 4.33. The minimum Gasteiger partial charge on any atom is -0.0888 e. The second kappa shape index (κ2) is 5.74. The molecule has 0 rings (SSSR count). The van der Waals surface area contributed by atoms with Crippen molar-refractivity contribution in [2.45, 2.75) is 33.1 Å². The van der Waals surface area contributed by atoms with E-state index in [4.69, 9.17) is 2.74 Å². The highest BCUT2D eigenvalue weighted by Crippen LogP contribution is 1.88. The van der Waals surface area contributed by atoms with Crippen LogP contribution in [0.5, 0.6) is 0 Å². The molecule has 0 N–H and O–H groups in total. The summed E-state index contributed by atoms with van der Waals surface area (Å²) >= 11 is 0. The van der Waals surface area contributed by atoms with Gasteiger partial charge in [0, 0.05) is 2.74 Å². The lowest BCUT2D eigenvalue weighted by Crippen LogP contribution is -1.58. The van der Waals surface area contributed by atoms with Gasteiger partial charge in [-0.2, -0.15) is 0 Å². The largest absolute Gasteiger partial charge is 0.0888 e. The third-order valence-corrected chi connectivity index (χ3v) is 0.700. The summed E-state index contributed by atoms with van der Waals surface area (Å²) in [7, 11) is 0. The molecule has 0 aliphatic heterocycles. The highest BCUT2D eigenvalue weighted by molar-refractivity contribution is 4.78. The predicted molar refractivity (Wildman–Crippen MR) is 34.3 cm³/mol. The van der Waals surface area contributed by atoms with Gasteiger partial charge in [0.05, 0.1) is 0 Å². The minimum absolute atomic E-state index is 0.0278. The first kappa shape index (κ1) is 3.71. The Hall–Kier alpha value is -0.260. The van der Waals surface area contributed by atoms with Gasteiger partial charge < -0.3 is 0 Å². The third kappa shape index (κ3) is 5.74. The SMILES string of the molecule is [2H]C(C)C=CCC([2H])C. The average molecular weight is 100 g/mol. The van der Waals surface area contributed by atoms with Gasteiger partial charge >= 0.3 is 0 Å². The smallest absolute Gasteiger partial charge is 0.0307 e.